The van der Waals surface area contributed by atoms with Crippen LogP contribution in [0.1, 0.15) is 62.3 Å². The second kappa shape index (κ2) is 12.1. The number of ether oxygens (including phenoxy) is 1. The molecule has 0 unspecified atom stereocenters. The van der Waals surface area contributed by atoms with Gasteiger partial charge in [0.1, 0.15) is 11.4 Å². The molecule has 5 nitrogen and oxygen atoms in total. The van der Waals surface area contributed by atoms with Crippen LogP contribution in [0.4, 0.5) is 35.5 Å². The van der Waals surface area contributed by atoms with Crippen molar-refractivity contribution in [2.75, 3.05) is 20.1 Å². The Morgan fingerprint density at radius 3 is 2.00 bits per heavy atom. The van der Waals surface area contributed by atoms with Crippen molar-refractivity contribution >= 4 is 17.6 Å². The first-order valence-corrected chi connectivity index (χ1v) is 12.8. The minimum atomic E-state index is -5.01. The molecular weight excluding hydrogens is 557 g/mol. The third kappa shape index (κ3) is 8.96. The summed E-state index contributed by atoms with van der Waals surface area (Å²) >= 11 is 0. The molecule has 1 heterocycles. The van der Waals surface area contributed by atoms with Crippen LogP contribution in [-0.4, -0.2) is 47.5 Å². The standard InChI is InChI=1S/C29H31F7N2O3/c1-27(2,3)41-26(40)38-11-5-6-20(17-38)24(19-7-9-23(30)10-8-19)15-25(39)37(4)16-18-12-21(28(31,32)33)14-22(13-18)29(34,35)36/h7-10,12-14H,5-6,11,15-17H2,1-4H3/b24-20+. The number of carbonyl (C=O) groups excluding carboxylic acids is 2. The van der Waals surface area contributed by atoms with Crippen molar-refractivity contribution in [3.05, 3.63) is 76.1 Å². The molecule has 2 aromatic rings. The molecule has 0 N–H and O–H groups in total. The number of nitrogens with zero attached hydrogens (tertiary/aromatic N) is 2. The zero-order chi connectivity index (χ0) is 30.8. The molecule has 2 amide bonds. The molecule has 3 rings (SSSR count). The van der Waals surface area contributed by atoms with Gasteiger partial charge >= 0.3 is 18.4 Å². The summed E-state index contributed by atoms with van der Waals surface area (Å²) in [6.45, 7) is 5.23. The van der Waals surface area contributed by atoms with Crippen molar-refractivity contribution < 1.29 is 45.1 Å². The summed E-state index contributed by atoms with van der Waals surface area (Å²) in [6, 6.07) is 6.55. The Morgan fingerprint density at radius 2 is 1.49 bits per heavy atom. The van der Waals surface area contributed by atoms with E-state index in [9.17, 15) is 40.3 Å². The van der Waals surface area contributed by atoms with Crippen LogP contribution >= 0.6 is 0 Å². The number of carbonyl (C=O) groups is 2. The van der Waals surface area contributed by atoms with Gasteiger partial charge in [-0.3, -0.25) is 4.79 Å². The summed E-state index contributed by atoms with van der Waals surface area (Å²) < 4.78 is 98.8. The van der Waals surface area contributed by atoms with Crippen LogP contribution in [0.25, 0.3) is 5.57 Å². The maximum Gasteiger partial charge on any atom is 0.416 e. The van der Waals surface area contributed by atoms with Crippen LogP contribution in [0.15, 0.2) is 48.0 Å². The molecule has 0 bridgehead atoms. The smallest absolute Gasteiger partial charge is 0.416 e. The van der Waals surface area contributed by atoms with E-state index in [0.29, 0.717) is 48.2 Å². The van der Waals surface area contributed by atoms with Crippen LogP contribution < -0.4 is 0 Å². The average molecular weight is 589 g/mol. The second-order valence-electron chi connectivity index (χ2n) is 10.9. The fourth-order valence-corrected chi connectivity index (χ4v) is 4.44. The maximum absolute atomic E-state index is 13.7. The Labute approximate surface area is 233 Å². The number of benzene rings is 2. The van der Waals surface area contributed by atoms with E-state index >= 15 is 0 Å². The molecule has 2 aromatic carbocycles. The Balaban J connectivity index is 1.91. The van der Waals surface area contributed by atoms with E-state index in [0.717, 1.165) is 4.90 Å². The zero-order valence-corrected chi connectivity index (χ0v) is 23.0. The highest BCUT2D eigenvalue weighted by Gasteiger charge is 2.37. The summed E-state index contributed by atoms with van der Waals surface area (Å²) in [7, 11) is 1.27. The first kappa shape index (κ1) is 32.0. The third-order valence-electron chi connectivity index (χ3n) is 6.38. The van der Waals surface area contributed by atoms with Gasteiger partial charge in [0.25, 0.3) is 0 Å². The van der Waals surface area contributed by atoms with Gasteiger partial charge in [-0.2, -0.15) is 26.3 Å². The van der Waals surface area contributed by atoms with E-state index in [2.05, 4.69) is 0 Å². The fourth-order valence-electron chi connectivity index (χ4n) is 4.44. The molecule has 224 valence electrons. The molecule has 0 radical (unpaired) electrons. The van der Waals surface area contributed by atoms with Gasteiger partial charge in [-0.15, -0.1) is 0 Å². The number of likely N-dealkylation sites (tertiary alicyclic amines) is 1. The lowest BCUT2D eigenvalue weighted by molar-refractivity contribution is -0.143. The van der Waals surface area contributed by atoms with Crippen molar-refractivity contribution in [1.29, 1.82) is 0 Å². The first-order chi connectivity index (χ1) is 18.8. The molecule has 1 aliphatic heterocycles. The van der Waals surface area contributed by atoms with Crippen LogP contribution in [0.5, 0.6) is 0 Å². The summed E-state index contributed by atoms with van der Waals surface area (Å²) in [5, 5.41) is 0. The number of halogens is 7. The molecule has 0 saturated carbocycles. The van der Waals surface area contributed by atoms with E-state index in [1.165, 1.54) is 36.2 Å². The molecule has 0 spiro atoms. The molecule has 0 aliphatic carbocycles. The Hall–Kier alpha value is -3.57. The van der Waals surface area contributed by atoms with E-state index < -0.39 is 53.4 Å². The van der Waals surface area contributed by atoms with Gasteiger partial charge in [0.2, 0.25) is 5.91 Å². The van der Waals surface area contributed by atoms with E-state index in [4.69, 9.17) is 4.74 Å². The molecule has 0 aromatic heterocycles. The highest BCUT2D eigenvalue weighted by molar-refractivity contribution is 5.90. The molecule has 12 heteroatoms. The summed E-state index contributed by atoms with van der Waals surface area (Å²) in [6.07, 6.45) is -9.76. The topological polar surface area (TPSA) is 49.9 Å². The van der Waals surface area contributed by atoms with E-state index in [1.807, 2.05) is 0 Å². The van der Waals surface area contributed by atoms with Crippen molar-refractivity contribution in [2.45, 2.75) is 64.5 Å². The minimum absolute atomic E-state index is 0.0296. The van der Waals surface area contributed by atoms with Gasteiger partial charge < -0.3 is 14.5 Å². The Kier molecular flexibility index (Phi) is 9.44. The fraction of sp³-hybridized carbons (Fsp3) is 0.448. The normalized spacial score (nSPS) is 15.9. The largest absolute Gasteiger partial charge is 0.444 e. The highest BCUT2D eigenvalue weighted by atomic mass is 19.4. The van der Waals surface area contributed by atoms with E-state index in [-0.39, 0.29) is 24.6 Å². The first-order valence-electron chi connectivity index (χ1n) is 12.8. The van der Waals surface area contributed by atoms with Crippen LogP contribution in [0.2, 0.25) is 0 Å². The Morgan fingerprint density at radius 1 is 0.927 bits per heavy atom. The monoisotopic (exact) mass is 588 g/mol. The van der Waals surface area contributed by atoms with Crippen molar-refractivity contribution in [3.63, 3.8) is 0 Å². The van der Waals surface area contributed by atoms with Gasteiger partial charge in [0.05, 0.1) is 17.5 Å². The second-order valence-corrected chi connectivity index (χ2v) is 10.9. The van der Waals surface area contributed by atoms with Gasteiger partial charge in [-0.25, -0.2) is 9.18 Å². The number of piperidine rings is 1. The third-order valence-corrected chi connectivity index (χ3v) is 6.38. The van der Waals surface area contributed by atoms with Gasteiger partial charge in [-0.1, -0.05) is 12.1 Å². The summed E-state index contributed by atoms with van der Waals surface area (Å²) in [4.78, 5) is 28.5. The zero-order valence-electron chi connectivity index (χ0n) is 23.0. The number of alkyl halides is 6. The Bertz CT molecular complexity index is 1260. The van der Waals surface area contributed by atoms with Crippen molar-refractivity contribution in [3.8, 4) is 0 Å². The lowest BCUT2D eigenvalue weighted by Gasteiger charge is -2.32. The average Bonchev–Trinajstić information content (AvgIpc) is 2.85. The number of amides is 2. The quantitative estimate of drug-likeness (QED) is 0.337. The number of hydrogen-bond acceptors (Lipinski definition) is 3. The molecule has 0 atom stereocenters. The van der Waals surface area contributed by atoms with Gasteiger partial charge in [-0.05, 0) is 86.2 Å². The number of rotatable bonds is 5. The predicted octanol–water partition coefficient (Wildman–Crippen LogP) is 7.70. The molecule has 1 fully saturated rings. The van der Waals surface area contributed by atoms with Crippen LogP contribution in [-0.2, 0) is 28.4 Å². The summed E-state index contributed by atoms with van der Waals surface area (Å²) in [5.41, 5.74) is -2.29. The summed E-state index contributed by atoms with van der Waals surface area (Å²) in [5.74, 6) is -1.09. The maximum atomic E-state index is 13.7. The van der Waals surface area contributed by atoms with Gasteiger partial charge in [0, 0.05) is 26.7 Å². The SMILES string of the molecule is CN(Cc1cc(C(F)(F)F)cc(C(F)(F)F)c1)C(=O)C/C(=C1/CCCN(C(=O)OC(C)(C)C)C1)c1ccc(F)cc1. The van der Waals surface area contributed by atoms with Crippen molar-refractivity contribution in [1.82, 2.24) is 9.80 Å². The highest BCUT2D eigenvalue weighted by Crippen LogP contribution is 2.37. The number of hydrogen-bond donors (Lipinski definition) is 0. The predicted molar refractivity (Wildman–Crippen MR) is 138 cm³/mol. The lowest BCUT2D eigenvalue weighted by atomic mass is 9.91. The lowest BCUT2D eigenvalue weighted by Crippen LogP contribution is -2.41. The van der Waals surface area contributed by atoms with Crippen molar-refractivity contribution in [2.24, 2.45) is 0 Å². The van der Waals surface area contributed by atoms with Gasteiger partial charge in [0.15, 0.2) is 0 Å². The van der Waals surface area contributed by atoms with Crippen LogP contribution in [0, 0.1) is 5.82 Å². The molecule has 1 saturated heterocycles. The minimum Gasteiger partial charge on any atom is -0.444 e. The molecule has 41 heavy (non-hydrogen) atoms. The molecule has 1 aliphatic rings. The molecular formula is C29H31F7N2O3. The van der Waals surface area contributed by atoms with Crippen LogP contribution in [0.3, 0.4) is 0 Å². The van der Waals surface area contributed by atoms with E-state index in [1.54, 1.807) is 20.8 Å².